The number of nitrogens with zero attached hydrogens (tertiary/aromatic N) is 1. The third-order valence-corrected chi connectivity index (χ3v) is 2.96. The number of hydrogen-bond donors (Lipinski definition) is 2. The van der Waals surface area contributed by atoms with E-state index in [1.165, 1.54) is 4.90 Å². The molecule has 1 saturated heterocycles. The fourth-order valence-electron chi connectivity index (χ4n) is 1.92. The van der Waals surface area contributed by atoms with Gasteiger partial charge in [-0.25, -0.2) is 0 Å². The van der Waals surface area contributed by atoms with Crippen LogP contribution < -0.4 is 5.32 Å². The van der Waals surface area contributed by atoms with Crippen molar-refractivity contribution in [2.45, 2.75) is 6.18 Å². The topological polar surface area (TPSA) is 52.6 Å². The fraction of sp³-hybridized carbons (Fsp3) is 0.417. The predicted octanol–water partition coefficient (Wildman–Crippen LogP) is 1.46. The molecule has 2 N–H and O–H groups in total. The number of amides is 1. The zero-order chi connectivity index (χ0) is 14.0. The normalized spacial score (nSPS) is 16.5. The highest BCUT2D eigenvalue weighted by atomic mass is 19.4. The van der Waals surface area contributed by atoms with E-state index in [4.69, 9.17) is 0 Å². The lowest BCUT2D eigenvalue weighted by molar-refractivity contribution is -0.137. The van der Waals surface area contributed by atoms with Crippen LogP contribution in [-0.2, 0) is 6.18 Å². The summed E-state index contributed by atoms with van der Waals surface area (Å²) in [4.78, 5) is 13.5. The molecular formula is C12H13F3N2O2. The van der Waals surface area contributed by atoms with Gasteiger partial charge in [-0.2, -0.15) is 13.2 Å². The second-order valence-electron chi connectivity index (χ2n) is 4.27. The van der Waals surface area contributed by atoms with E-state index in [9.17, 15) is 23.1 Å². The van der Waals surface area contributed by atoms with Crippen LogP contribution in [0, 0.1) is 0 Å². The van der Waals surface area contributed by atoms with Crippen LogP contribution in [0.3, 0.4) is 0 Å². The molecule has 0 aromatic heterocycles. The summed E-state index contributed by atoms with van der Waals surface area (Å²) in [5.74, 6) is -1.01. The molecule has 19 heavy (non-hydrogen) atoms. The lowest BCUT2D eigenvalue weighted by Crippen LogP contribution is -2.46. The summed E-state index contributed by atoms with van der Waals surface area (Å²) in [6.07, 6.45) is -4.54. The van der Waals surface area contributed by atoms with Crippen LogP contribution in [0.1, 0.15) is 15.9 Å². The molecule has 104 valence electrons. The third-order valence-electron chi connectivity index (χ3n) is 2.96. The Morgan fingerprint density at radius 3 is 2.47 bits per heavy atom. The summed E-state index contributed by atoms with van der Waals surface area (Å²) in [6.45, 7) is 2.00. The molecule has 4 nitrogen and oxygen atoms in total. The summed E-state index contributed by atoms with van der Waals surface area (Å²) in [7, 11) is 0. The maximum Gasteiger partial charge on any atom is 0.416 e. The first kappa shape index (κ1) is 13.7. The van der Waals surface area contributed by atoms with Gasteiger partial charge in [-0.1, -0.05) is 0 Å². The van der Waals surface area contributed by atoms with Gasteiger partial charge >= 0.3 is 6.18 Å². The minimum absolute atomic E-state index is 0.309. The van der Waals surface area contributed by atoms with Gasteiger partial charge in [-0.15, -0.1) is 0 Å². The molecule has 2 rings (SSSR count). The quantitative estimate of drug-likeness (QED) is 0.815. The number of aromatic hydroxyl groups is 1. The Balaban J connectivity index is 2.30. The summed E-state index contributed by atoms with van der Waals surface area (Å²) in [6, 6.07) is 2.35. The van der Waals surface area contributed by atoms with Crippen molar-refractivity contribution in [3.63, 3.8) is 0 Å². The average molecular weight is 274 g/mol. The minimum Gasteiger partial charge on any atom is -0.507 e. The lowest BCUT2D eigenvalue weighted by Gasteiger charge is -2.27. The molecule has 0 atom stereocenters. The number of alkyl halides is 3. The molecule has 0 radical (unpaired) electrons. The van der Waals surface area contributed by atoms with Crippen LogP contribution in [0.4, 0.5) is 13.2 Å². The fourth-order valence-corrected chi connectivity index (χ4v) is 1.92. The SMILES string of the molecule is O=C(c1cc(C(F)(F)F)ccc1O)N1CCNCC1. The number of phenols is 1. The number of piperazine rings is 1. The number of nitrogens with one attached hydrogen (secondary N) is 1. The Morgan fingerprint density at radius 1 is 1.26 bits per heavy atom. The first-order valence-electron chi connectivity index (χ1n) is 5.80. The van der Waals surface area contributed by atoms with Crippen molar-refractivity contribution in [2.24, 2.45) is 0 Å². The van der Waals surface area contributed by atoms with Crippen molar-refractivity contribution in [3.05, 3.63) is 29.3 Å². The zero-order valence-electron chi connectivity index (χ0n) is 10.00. The Morgan fingerprint density at radius 2 is 1.89 bits per heavy atom. The number of rotatable bonds is 1. The van der Waals surface area contributed by atoms with E-state index in [0.717, 1.165) is 12.1 Å². The van der Waals surface area contributed by atoms with Crippen LogP contribution in [0.15, 0.2) is 18.2 Å². The summed E-state index contributed by atoms with van der Waals surface area (Å²) < 4.78 is 37.8. The van der Waals surface area contributed by atoms with Crippen molar-refractivity contribution >= 4 is 5.91 Å². The molecule has 1 heterocycles. The standard InChI is InChI=1S/C12H13F3N2O2/c13-12(14,15)8-1-2-10(18)9(7-8)11(19)17-5-3-16-4-6-17/h1-2,7,16,18H,3-6H2. The van der Waals surface area contributed by atoms with Gasteiger partial charge in [0.2, 0.25) is 0 Å². The van der Waals surface area contributed by atoms with Gasteiger partial charge in [-0.05, 0) is 18.2 Å². The minimum atomic E-state index is -4.54. The summed E-state index contributed by atoms with van der Waals surface area (Å²) in [5.41, 5.74) is -1.25. The number of halogens is 3. The third kappa shape index (κ3) is 2.98. The molecule has 0 saturated carbocycles. The van der Waals surface area contributed by atoms with E-state index in [0.29, 0.717) is 32.2 Å². The highest BCUT2D eigenvalue weighted by Gasteiger charge is 2.32. The maximum absolute atomic E-state index is 12.6. The van der Waals surface area contributed by atoms with Crippen LogP contribution in [-0.4, -0.2) is 42.1 Å². The van der Waals surface area contributed by atoms with Crippen LogP contribution >= 0.6 is 0 Å². The largest absolute Gasteiger partial charge is 0.507 e. The molecule has 1 aromatic carbocycles. The number of carbonyl (C=O) groups is 1. The summed E-state index contributed by atoms with van der Waals surface area (Å²) >= 11 is 0. The number of benzene rings is 1. The Kier molecular flexibility index (Phi) is 3.66. The zero-order valence-corrected chi connectivity index (χ0v) is 10.00. The van der Waals surface area contributed by atoms with Gasteiger partial charge in [0, 0.05) is 26.2 Å². The Bertz CT molecular complexity index is 482. The van der Waals surface area contributed by atoms with Crippen LogP contribution in [0.25, 0.3) is 0 Å². The lowest BCUT2D eigenvalue weighted by atomic mass is 10.1. The van der Waals surface area contributed by atoms with E-state index >= 15 is 0 Å². The first-order valence-corrected chi connectivity index (χ1v) is 5.80. The van der Waals surface area contributed by atoms with Crippen molar-refractivity contribution in [2.75, 3.05) is 26.2 Å². The smallest absolute Gasteiger partial charge is 0.416 e. The predicted molar refractivity (Wildman–Crippen MR) is 61.9 cm³/mol. The molecule has 7 heteroatoms. The van der Waals surface area contributed by atoms with E-state index < -0.39 is 23.4 Å². The highest BCUT2D eigenvalue weighted by Crippen LogP contribution is 2.32. The molecule has 1 aliphatic rings. The van der Waals surface area contributed by atoms with Gasteiger partial charge in [-0.3, -0.25) is 4.79 Å². The first-order chi connectivity index (χ1) is 8.89. The average Bonchev–Trinajstić information content (AvgIpc) is 2.38. The molecule has 1 aromatic rings. The van der Waals surface area contributed by atoms with E-state index in [1.807, 2.05) is 0 Å². The maximum atomic E-state index is 12.6. The van der Waals surface area contributed by atoms with Crippen molar-refractivity contribution < 1.29 is 23.1 Å². The number of carbonyl (C=O) groups excluding carboxylic acids is 1. The molecule has 0 unspecified atom stereocenters. The van der Waals surface area contributed by atoms with E-state index in [2.05, 4.69) is 5.32 Å². The monoisotopic (exact) mass is 274 g/mol. The summed E-state index contributed by atoms with van der Waals surface area (Å²) in [5, 5.41) is 12.6. The van der Waals surface area contributed by atoms with Gasteiger partial charge in [0.1, 0.15) is 5.75 Å². The molecule has 0 aliphatic carbocycles. The number of hydrogen-bond acceptors (Lipinski definition) is 3. The van der Waals surface area contributed by atoms with Crippen molar-refractivity contribution in [1.82, 2.24) is 10.2 Å². The van der Waals surface area contributed by atoms with Gasteiger partial charge in [0.15, 0.2) is 0 Å². The van der Waals surface area contributed by atoms with Crippen molar-refractivity contribution in [3.8, 4) is 5.75 Å². The second-order valence-corrected chi connectivity index (χ2v) is 4.27. The van der Waals surface area contributed by atoms with E-state index in [1.54, 1.807) is 0 Å². The Hall–Kier alpha value is -1.76. The van der Waals surface area contributed by atoms with E-state index in [-0.39, 0.29) is 5.56 Å². The number of phenolic OH excluding ortho intramolecular Hbond substituents is 1. The molecule has 0 spiro atoms. The molecule has 0 bridgehead atoms. The molecule has 1 fully saturated rings. The van der Waals surface area contributed by atoms with Crippen molar-refractivity contribution in [1.29, 1.82) is 0 Å². The van der Waals surface area contributed by atoms with Gasteiger partial charge < -0.3 is 15.3 Å². The molecule has 1 aliphatic heterocycles. The molecular weight excluding hydrogens is 261 g/mol. The Labute approximate surface area is 107 Å². The molecule has 1 amide bonds. The van der Waals surface area contributed by atoms with Crippen LogP contribution in [0.2, 0.25) is 0 Å². The van der Waals surface area contributed by atoms with Gasteiger partial charge in [0.25, 0.3) is 5.91 Å². The van der Waals surface area contributed by atoms with Crippen LogP contribution in [0.5, 0.6) is 5.75 Å². The van der Waals surface area contributed by atoms with Gasteiger partial charge in [0.05, 0.1) is 11.1 Å². The highest BCUT2D eigenvalue weighted by molar-refractivity contribution is 5.97. The second kappa shape index (κ2) is 5.08.